The summed E-state index contributed by atoms with van der Waals surface area (Å²) in [4.78, 5) is 26.3. The third-order valence-electron chi connectivity index (χ3n) is 6.56. The fourth-order valence-electron chi connectivity index (χ4n) is 4.52. The van der Waals surface area contributed by atoms with Crippen LogP contribution in [0.4, 0.5) is 11.4 Å². The number of anilines is 2. The number of nitrogens with zero attached hydrogens (tertiary/aromatic N) is 2. The lowest BCUT2D eigenvalue weighted by Crippen LogP contribution is -2.36. The van der Waals surface area contributed by atoms with Crippen LogP contribution >= 0.6 is 0 Å². The van der Waals surface area contributed by atoms with E-state index in [1.165, 1.54) is 18.2 Å². The fraction of sp³-hybridized carbons (Fsp3) is 0.167. The number of sulfonamides is 1. The maximum absolute atomic E-state index is 13.7. The highest BCUT2D eigenvalue weighted by molar-refractivity contribution is 7.93. The average molecular weight is 559 g/mol. The lowest BCUT2D eigenvalue weighted by atomic mass is 10.1. The zero-order valence-electron chi connectivity index (χ0n) is 21.9. The third-order valence-corrected chi connectivity index (χ3v) is 8.39. The van der Waals surface area contributed by atoms with Gasteiger partial charge in [0.15, 0.2) is 0 Å². The minimum atomic E-state index is -4.23. The fourth-order valence-corrected chi connectivity index (χ4v) is 6.15. The van der Waals surface area contributed by atoms with Crippen molar-refractivity contribution < 1.29 is 23.1 Å². The minimum absolute atomic E-state index is 0.0117. The van der Waals surface area contributed by atoms with Gasteiger partial charge in [0.25, 0.3) is 10.0 Å². The van der Waals surface area contributed by atoms with Crippen LogP contribution in [0.25, 0.3) is 10.8 Å². The number of amides is 1. The second-order valence-corrected chi connectivity index (χ2v) is 11.0. The molecule has 0 spiro atoms. The number of aliphatic carboxylic acids is 1. The third kappa shape index (κ3) is 6.13. The van der Waals surface area contributed by atoms with E-state index >= 15 is 0 Å². The van der Waals surface area contributed by atoms with Crippen molar-refractivity contribution in [2.45, 2.75) is 24.7 Å². The van der Waals surface area contributed by atoms with Crippen LogP contribution in [0.1, 0.15) is 24.5 Å². The van der Waals surface area contributed by atoms with Gasteiger partial charge in [-0.2, -0.15) is 0 Å². The molecule has 4 rings (SSSR count). The van der Waals surface area contributed by atoms with Crippen molar-refractivity contribution in [2.24, 2.45) is 5.73 Å². The smallest absolute Gasteiger partial charge is 0.324 e. The molecule has 10 heteroatoms. The molecule has 0 atom stereocenters. The number of hydrogen-bond acceptors (Lipinski definition) is 5. The maximum atomic E-state index is 13.7. The standard InChI is InChI=1S/C30H30N4O5S/c1-2-33(28(35)19-12-21-10-13-23(14-11-21)30(31)32)24-15-17-25(18-16-24)34(20-29(36)37)40(38,39)27-9-5-7-22-6-3-4-8-26(22)27/h3-11,13-18H,2,12,19-20H2,1H3,(H3,31,32)(H,36,37). The molecule has 4 aromatic carbocycles. The number of carbonyl (C=O) groups excluding carboxylic acids is 1. The average Bonchev–Trinajstić information content (AvgIpc) is 2.95. The Kier molecular flexibility index (Phi) is 8.49. The van der Waals surface area contributed by atoms with Gasteiger partial charge in [0.05, 0.1) is 10.6 Å². The highest BCUT2D eigenvalue weighted by Crippen LogP contribution is 2.30. The predicted octanol–water partition coefficient (Wildman–Crippen LogP) is 4.39. The molecule has 4 aromatic rings. The second-order valence-electron chi connectivity index (χ2n) is 9.15. The van der Waals surface area contributed by atoms with E-state index in [4.69, 9.17) is 11.1 Å². The summed E-state index contributed by atoms with van der Waals surface area (Å²) in [6.45, 7) is 1.48. The topological polar surface area (TPSA) is 145 Å². The molecule has 0 aliphatic carbocycles. The van der Waals surface area contributed by atoms with E-state index in [0.717, 1.165) is 15.3 Å². The van der Waals surface area contributed by atoms with Gasteiger partial charge in [-0.3, -0.25) is 19.3 Å². The Morgan fingerprint density at radius 1 is 0.875 bits per heavy atom. The van der Waals surface area contributed by atoms with Crippen molar-refractivity contribution in [2.75, 3.05) is 22.3 Å². The summed E-state index contributed by atoms with van der Waals surface area (Å²) in [5.74, 6) is -1.43. The summed E-state index contributed by atoms with van der Waals surface area (Å²) >= 11 is 0. The number of amidine groups is 1. The number of rotatable bonds is 11. The van der Waals surface area contributed by atoms with Gasteiger partial charge in [-0.15, -0.1) is 0 Å². The van der Waals surface area contributed by atoms with Gasteiger partial charge in [-0.1, -0.05) is 60.7 Å². The van der Waals surface area contributed by atoms with E-state index in [1.807, 2.05) is 19.1 Å². The quantitative estimate of drug-likeness (QED) is 0.184. The number of hydrogen-bond donors (Lipinski definition) is 3. The second kappa shape index (κ2) is 12.0. The van der Waals surface area contributed by atoms with Gasteiger partial charge in [-0.25, -0.2) is 8.42 Å². The molecule has 0 aliphatic rings. The van der Waals surface area contributed by atoms with Gasteiger partial charge in [0.1, 0.15) is 12.4 Å². The lowest BCUT2D eigenvalue weighted by molar-refractivity contribution is -0.135. The Bertz CT molecular complexity index is 1650. The normalized spacial score (nSPS) is 11.2. The molecule has 0 heterocycles. The number of carboxylic acid groups (broad SMARTS) is 1. The SMILES string of the molecule is CCN(C(=O)CCc1ccc(C(=N)N)cc1)c1ccc(N(CC(=O)O)S(=O)(=O)c2cccc3ccccc23)cc1. The zero-order valence-corrected chi connectivity index (χ0v) is 22.8. The molecule has 0 fully saturated rings. The first-order chi connectivity index (χ1) is 19.1. The first-order valence-corrected chi connectivity index (χ1v) is 14.1. The van der Waals surface area contributed by atoms with E-state index < -0.39 is 22.5 Å². The highest BCUT2D eigenvalue weighted by Gasteiger charge is 2.29. The van der Waals surface area contributed by atoms with Crippen molar-refractivity contribution in [3.8, 4) is 0 Å². The molecule has 9 nitrogen and oxygen atoms in total. The van der Waals surface area contributed by atoms with Gasteiger partial charge >= 0.3 is 5.97 Å². The van der Waals surface area contributed by atoms with Crippen molar-refractivity contribution in [3.05, 3.63) is 102 Å². The zero-order chi connectivity index (χ0) is 28.9. The largest absolute Gasteiger partial charge is 0.480 e. The molecular formula is C30H30N4O5S. The molecule has 40 heavy (non-hydrogen) atoms. The lowest BCUT2D eigenvalue weighted by Gasteiger charge is -2.25. The molecule has 0 unspecified atom stereocenters. The Balaban J connectivity index is 1.57. The van der Waals surface area contributed by atoms with E-state index in [0.29, 0.717) is 29.6 Å². The van der Waals surface area contributed by atoms with E-state index in [1.54, 1.807) is 65.6 Å². The van der Waals surface area contributed by atoms with Crippen LogP contribution in [0.2, 0.25) is 0 Å². The molecule has 0 saturated carbocycles. The molecular weight excluding hydrogens is 528 g/mol. The van der Waals surface area contributed by atoms with Gasteiger partial charge in [-0.05, 0) is 54.6 Å². The molecule has 0 saturated heterocycles. The summed E-state index contributed by atoms with van der Waals surface area (Å²) in [5.41, 5.74) is 7.79. The summed E-state index contributed by atoms with van der Waals surface area (Å²) < 4.78 is 28.3. The summed E-state index contributed by atoms with van der Waals surface area (Å²) in [6.07, 6.45) is 0.747. The molecule has 0 bridgehead atoms. The molecule has 1 amide bonds. The van der Waals surface area contributed by atoms with Gasteiger partial charge in [0, 0.05) is 29.6 Å². The van der Waals surface area contributed by atoms with Crippen molar-refractivity contribution in [3.63, 3.8) is 0 Å². The summed E-state index contributed by atoms with van der Waals surface area (Å²) in [7, 11) is -4.23. The van der Waals surface area contributed by atoms with Crippen LogP contribution in [-0.2, 0) is 26.0 Å². The Morgan fingerprint density at radius 3 is 2.12 bits per heavy atom. The molecule has 206 valence electrons. The number of nitrogens with one attached hydrogen (secondary N) is 1. The molecule has 0 aliphatic heterocycles. The van der Waals surface area contributed by atoms with E-state index in [-0.39, 0.29) is 28.7 Å². The number of carboxylic acids is 1. The Morgan fingerprint density at radius 2 is 1.50 bits per heavy atom. The summed E-state index contributed by atoms with van der Waals surface area (Å²) in [6, 6.07) is 25.3. The molecule has 4 N–H and O–H groups in total. The number of aryl methyl sites for hydroxylation is 1. The van der Waals surface area contributed by atoms with Crippen LogP contribution in [0.3, 0.4) is 0 Å². The van der Waals surface area contributed by atoms with Crippen molar-refractivity contribution in [1.82, 2.24) is 0 Å². The first kappa shape index (κ1) is 28.3. The van der Waals surface area contributed by atoms with Gasteiger partial charge < -0.3 is 15.7 Å². The van der Waals surface area contributed by atoms with E-state index in [9.17, 15) is 23.1 Å². The number of carbonyl (C=O) groups is 2. The number of fused-ring (bicyclic) bond motifs is 1. The number of nitrogen functional groups attached to an aromatic ring is 1. The summed E-state index contributed by atoms with van der Waals surface area (Å²) in [5, 5.41) is 18.3. The van der Waals surface area contributed by atoms with Gasteiger partial charge in [0.2, 0.25) is 5.91 Å². The molecule has 0 aromatic heterocycles. The Labute approximate surface area is 233 Å². The number of nitrogens with two attached hydrogens (primary N) is 1. The maximum Gasteiger partial charge on any atom is 0.324 e. The Hall–Kier alpha value is -4.70. The van der Waals surface area contributed by atoms with Crippen LogP contribution in [0.5, 0.6) is 0 Å². The predicted molar refractivity (Wildman–Crippen MR) is 156 cm³/mol. The number of benzene rings is 4. The van der Waals surface area contributed by atoms with Crippen LogP contribution in [0.15, 0.2) is 95.9 Å². The minimum Gasteiger partial charge on any atom is -0.480 e. The highest BCUT2D eigenvalue weighted by atomic mass is 32.2. The monoisotopic (exact) mass is 558 g/mol. The van der Waals surface area contributed by atoms with Crippen LogP contribution < -0.4 is 14.9 Å². The van der Waals surface area contributed by atoms with Crippen LogP contribution in [0, 0.1) is 5.41 Å². The molecule has 0 radical (unpaired) electrons. The van der Waals surface area contributed by atoms with Crippen LogP contribution in [-0.4, -0.2) is 44.3 Å². The van der Waals surface area contributed by atoms with E-state index in [2.05, 4.69) is 0 Å². The van der Waals surface area contributed by atoms with Crippen molar-refractivity contribution in [1.29, 1.82) is 5.41 Å². The first-order valence-electron chi connectivity index (χ1n) is 12.7. The van der Waals surface area contributed by atoms with Crippen molar-refractivity contribution >= 4 is 49.9 Å².